The number of rotatable bonds is 6. The average molecular weight is 314 g/mol. The molecule has 0 bridgehead atoms. The number of amides is 2. The summed E-state index contributed by atoms with van der Waals surface area (Å²) in [6, 6.07) is 6.47. The highest BCUT2D eigenvalue weighted by Crippen LogP contribution is 2.15. The molecular formula is C15H24ClN3O2. The van der Waals surface area contributed by atoms with Crippen LogP contribution in [0.2, 0.25) is 0 Å². The maximum Gasteiger partial charge on any atom is 0.241 e. The van der Waals surface area contributed by atoms with Crippen LogP contribution in [0.5, 0.6) is 0 Å². The first-order valence-electron chi connectivity index (χ1n) is 6.94. The second-order valence-electron chi connectivity index (χ2n) is 4.88. The van der Waals surface area contributed by atoms with Crippen LogP contribution in [-0.2, 0) is 9.59 Å². The molecule has 0 aliphatic rings. The van der Waals surface area contributed by atoms with E-state index in [4.69, 9.17) is 5.73 Å². The molecule has 0 radical (unpaired) electrons. The summed E-state index contributed by atoms with van der Waals surface area (Å²) in [6.07, 6.45) is 1.29. The number of carbonyl (C=O) groups is 2. The van der Waals surface area contributed by atoms with Gasteiger partial charge in [-0.3, -0.25) is 9.59 Å². The van der Waals surface area contributed by atoms with Crippen molar-refractivity contribution >= 4 is 35.6 Å². The Bertz CT molecular complexity index is 462. The third-order valence-corrected chi connectivity index (χ3v) is 3.32. The lowest BCUT2D eigenvalue weighted by Gasteiger charge is -2.17. The van der Waals surface area contributed by atoms with Crippen molar-refractivity contribution in [2.24, 2.45) is 11.7 Å². The molecular weight excluding hydrogens is 290 g/mol. The number of hydrogen-bond acceptors (Lipinski definition) is 3. The van der Waals surface area contributed by atoms with Crippen molar-refractivity contribution < 1.29 is 9.59 Å². The monoisotopic (exact) mass is 313 g/mol. The van der Waals surface area contributed by atoms with Gasteiger partial charge in [0, 0.05) is 17.8 Å². The fraction of sp³-hybridized carbons (Fsp3) is 0.467. The molecule has 2 amide bonds. The van der Waals surface area contributed by atoms with Crippen LogP contribution in [0.1, 0.15) is 33.6 Å². The van der Waals surface area contributed by atoms with Gasteiger partial charge in [0.1, 0.15) is 0 Å². The summed E-state index contributed by atoms with van der Waals surface area (Å²) >= 11 is 0. The van der Waals surface area contributed by atoms with Gasteiger partial charge in [0.05, 0.1) is 6.04 Å². The van der Waals surface area contributed by atoms with Gasteiger partial charge in [-0.05, 0) is 30.2 Å². The van der Waals surface area contributed by atoms with Crippen molar-refractivity contribution in [2.45, 2.75) is 39.7 Å². The van der Waals surface area contributed by atoms with Gasteiger partial charge in [-0.2, -0.15) is 0 Å². The van der Waals surface area contributed by atoms with E-state index in [0.29, 0.717) is 17.8 Å². The van der Waals surface area contributed by atoms with Crippen molar-refractivity contribution in [3.05, 3.63) is 24.3 Å². The summed E-state index contributed by atoms with van der Waals surface area (Å²) < 4.78 is 0. The molecule has 1 aromatic carbocycles. The van der Waals surface area contributed by atoms with Gasteiger partial charge in [0.2, 0.25) is 11.8 Å². The molecule has 1 rings (SSSR count). The third-order valence-electron chi connectivity index (χ3n) is 3.32. The summed E-state index contributed by atoms with van der Waals surface area (Å²) in [6.45, 7) is 5.75. The lowest BCUT2D eigenvalue weighted by Crippen LogP contribution is -2.40. The highest BCUT2D eigenvalue weighted by atomic mass is 35.5. The molecule has 0 saturated carbocycles. The first-order chi connectivity index (χ1) is 9.47. The minimum absolute atomic E-state index is 0. The van der Waals surface area contributed by atoms with E-state index in [-0.39, 0.29) is 30.1 Å². The van der Waals surface area contributed by atoms with Crippen molar-refractivity contribution in [2.75, 3.05) is 10.6 Å². The number of nitrogens with two attached hydrogens (primary N) is 1. The normalized spacial score (nSPS) is 12.8. The Labute approximate surface area is 132 Å². The van der Waals surface area contributed by atoms with Crippen LogP contribution in [0, 0.1) is 5.92 Å². The largest absolute Gasteiger partial charge is 0.326 e. The van der Waals surface area contributed by atoms with Crippen molar-refractivity contribution in [1.29, 1.82) is 0 Å². The lowest BCUT2D eigenvalue weighted by atomic mass is 9.99. The maximum absolute atomic E-state index is 11.9. The van der Waals surface area contributed by atoms with E-state index in [1.54, 1.807) is 31.2 Å². The van der Waals surface area contributed by atoms with Crippen LogP contribution in [0.25, 0.3) is 0 Å². The van der Waals surface area contributed by atoms with Crippen LogP contribution in [-0.4, -0.2) is 17.9 Å². The molecule has 0 aliphatic carbocycles. The molecule has 21 heavy (non-hydrogen) atoms. The summed E-state index contributed by atoms with van der Waals surface area (Å²) in [5, 5.41) is 5.52. The van der Waals surface area contributed by atoms with Crippen LogP contribution in [0.4, 0.5) is 11.4 Å². The first-order valence-corrected chi connectivity index (χ1v) is 6.94. The smallest absolute Gasteiger partial charge is 0.241 e. The topological polar surface area (TPSA) is 84.2 Å². The lowest BCUT2D eigenvalue weighted by molar-refractivity contribution is -0.118. The summed E-state index contributed by atoms with van der Waals surface area (Å²) in [5.74, 6) is -0.0941. The molecule has 0 aliphatic heterocycles. The number of carbonyl (C=O) groups excluding carboxylic acids is 2. The predicted molar refractivity (Wildman–Crippen MR) is 88.7 cm³/mol. The summed E-state index contributed by atoms with van der Waals surface area (Å²) in [5.41, 5.74) is 7.24. The van der Waals surface area contributed by atoms with Gasteiger partial charge in [0.15, 0.2) is 0 Å². The third kappa shape index (κ3) is 6.14. The Morgan fingerprint density at radius 2 is 1.57 bits per heavy atom. The number of nitrogens with one attached hydrogen (secondary N) is 2. The van der Waals surface area contributed by atoms with Gasteiger partial charge in [-0.15, -0.1) is 12.4 Å². The molecule has 0 fully saturated rings. The Kier molecular flexibility index (Phi) is 8.66. The van der Waals surface area contributed by atoms with Gasteiger partial charge in [0.25, 0.3) is 0 Å². The van der Waals surface area contributed by atoms with Crippen LogP contribution in [0.3, 0.4) is 0 Å². The molecule has 2 atom stereocenters. The highest BCUT2D eigenvalue weighted by molar-refractivity contribution is 5.95. The molecule has 5 nitrogen and oxygen atoms in total. The number of benzene rings is 1. The van der Waals surface area contributed by atoms with Crippen LogP contribution < -0.4 is 16.4 Å². The van der Waals surface area contributed by atoms with E-state index >= 15 is 0 Å². The zero-order valence-electron chi connectivity index (χ0n) is 12.7. The van der Waals surface area contributed by atoms with E-state index in [0.717, 1.165) is 6.42 Å². The molecule has 0 aromatic heterocycles. The fourth-order valence-electron chi connectivity index (χ4n) is 1.62. The number of hydrogen-bond donors (Lipinski definition) is 3. The van der Waals surface area contributed by atoms with E-state index in [9.17, 15) is 9.59 Å². The molecule has 2 unspecified atom stereocenters. The van der Waals surface area contributed by atoms with Gasteiger partial charge >= 0.3 is 0 Å². The minimum atomic E-state index is -0.514. The van der Waals surface area contributed by atoms with Crippen molar-refractivity contribution in [3.8, 4) is 0 Å². The second-order valence-corrected chi connectivity index (χ2v) is 4.88. The molecule has 0 heterocycles. The number of halogens is 1. The van der Waals surface area contributed by atoms with Crippen molar-refractivity contribution in [3.63, 3.8) is 0 Å². The highest BCUT2D eigenvalue weighted by Gasteiger charge is 2.19. The minimum Gasteiger partial charge on any atom is -0.326 e. The Morgan fingerprint density at radius 1 is 1.10 bits per heavy atom. The van der Waals surface area contributed by atoms with Gasteiger partial charge in [-0.1, -0.05) is 27.2 Å². The van der Waals surface area contributed by atoms with Gasteiger partial charge < -0.3 is 16.4 Å². The van der Waals surface area contributed by atoms with E-state index in [2.05, 4.69) is 10.6 Å². The molecule has 0 spiro atoms. The Balaban J connectivity index is 0.00000400. The quantitative estimate of drug-likeness (QED) is 0.755. The maximum atomic E-state index is 11.9. The SMILES string of the molecule is CCC(=O)Nc1ccc(NC(=O)C(N)C(C)CC)cc1.Cl. The summed E-state index contributed by atoms with van der Waals surface area (Å²) in [7, 11) is 0. The molecule has 118 valence electrons. The molecule has 4 N–H and O–H groups in total. The van der Waals surface area contributed by atoms with E-state index in [1.165, 1.54) is 0 Å². The average Bonchev–Trinajstić information content (AvgIpc) is 2.47. The van der Waals surface area contributed by atoms with E-state index in [1.807, 2.05) is 13.8 Å². The second kappa shape index (κ2) is 9.37. The standard InChI is InChI=1S/C15H23N3O2.ClH/c1-4-10(3)14(16)15(20)18-12-8-6-11(7-9-12)17-13(19)5-2;/h6-10,14H,4-5,16H2,1-3H3,(H,17,19)(H,18,20);1H. The molecule has 6 heteroatoms. The van der Waals surface area contributed by atoms with Crippen molar-refractivity contribution in [1.82, 2.24) is 0 Å². The van der Waals surface area contributed by atoms with Crippen LogP contribution >= 0.6 is 12.4 Å². The molecule has 1 aromatic rings. The van der Waals surface area contributed by atoms with Gasteiger partial charge in [-0.25, -0.2) is 0 Å². The molecule has 0 saturated heterocycles. The zero-order chi connectivity index (χ0) is 15.1. The predicted octanol–water partition coefficient (Wildman–Crippen LogP) is 2.77. The summed E-state index contributed by atoms with van der Waals surface area (Å²) in [4.78, 5) is 23.2. The Hall–Kier alpha value is -1.59. The zero-order valence-corrected chi connectivity index (χ0v) is 13.5. The van der Waals surface area contributed by atoms with Crippen LogP contribution in [0.15, 0.2) is 24.3 Å². The fourth-order valence-corrected chi connectivity index (χ4v) is 1.62. The van der Waals surface area contributed by atoms with E-state index < -0.39 is 6.04 Å². The Morgan fingerprint density at radius 3 is 2.00 bits per heavy atom. The first kappa shape index (κ1) is 19.4. The number of anilines is 2.